The summed E-state index contributed by atoms with van der Waals surface area (Å²) in [7, 11) is -7.73. The van der Waals surface area contributed by atoms with E-state index >= 15 is 0 Å². The van der Waals surface area contributed by atoms with E-state index in [-0.39, 0.29) is 21.2 Å². The number of fused-ring (bicyclic) bond motifs is 1. The van der Waals surface area contributed by atoms with Gasteiger partial charge in [0.05, 0.1) is 17.2 Å². The number of hydrogen-bond acceptors (Lipinski definition) is 5. The maximum absolute atomic E-state index is 13.3. The monoisotopic (exact) mass is 474 g/mol. The molecule has 4 rings (SSSR count). The highest BCUT2D eigenvalue weighted by Crippen LogP contribution is 2.32. The number of benzene rings is 3. The van der Waals surface area contributed by atoms with Crippen molar-refractivity contribution < 1.29 is 21.6 Å². The van der Waals surface area contributed by atoms with Gasteiger partial charge in [-0.15, -0.1) is 0 Å². The number of sulfonamides is 2. The second kappa shape index (κ2) is 9.09. The minimum Gasteiger partial charge on any atom is -0.492 e. The van der Waals surface area contributed by atoms with Crippen molar-refractivity contribution in [1.82, 2.24) is 4.31 Å². The van der Waals surface area contributed by atoms with Crippen LogP contribution in [0.2, 0.25) is 0 Å². The Hall–Kier alpha value is -2.62. The molecule has 1 aliphatic heterocycles. The van der Waals surface area contributed by atoms with Gasteiger partial charge in [-0.1, -0.05) is 36.8 Å². The molecule has 0 radical (unpaired) electrons. The number of anilines is 1. The van der Waals surface area contributed by atoms with E-state index in [4.69, 9.17) is 4.74 Å². The third kappa shape index (κ3) is 4.60. The Kier molecular flexibility index (Phi) is 6.41. The number of hydrogen-bond donors (Lipinski definition) is 1. The molecule has 0 aliphatic carbocycles. The Morgan fingerprint density at radius 1 is 0.875 bits per heavy atom. The molecule has 0 spiro atoms. The summed E-state index contributed by atoms with van der Waals surface area (Å²) in [6.07, 6.45) is 2.60. The standard InChI is InChI=1S/C23H26N2O5S2/c1-2-30-22-13-11-20(17-23(22)32(28,29)25-14-6-3-7-15-25)24-31(26,27)21-12-10-18-8-4-5-9-19(18)16-21/h4-5,8-13,16-17,24H,2-3,6-7,14-15H2,1H3. The van der Waals surface area contributed by atoms with Gasteiger partial charge in [-0.3, -0.25) is 4.72 Å². The number of nitrogens with one attached hydrogen (secondary N) is 1. The first-order valence-corrected chi connectivity index (χ1v) is 13.5. The molecular formula is C23H26N2O5S2. The Morgan fingerprint density at radius 2 is 1.59 bits per heavy atom. The van der Waals surface area contributed by atoms with E-state index in [1.54, 1.807) is 19.1 Å². The fraction of sp³-hybridized carbons (Fsp3) is 0.304. The van der Waals surface area contributed by atoms with Crippen LogP contribution in [0.15, 0.2) is 70.5 Å². The van der Waals surface area contributed by atoms with Crippen LogP contribution in [-0.4, -0.2) is 40.8 Å². The molecule has 1 heterocycles. The first-order chi connectivity index (χ1) is 15.3. The highest BCUT2D eigenvalue weighted by atomic mass is 32.2. The Balaban J connectivity index is 1.69. The zero-order chi connectivity index (χ0) is 22.8. The summed E-state index contributed by atoms with van der Waals surface area (Å²) in [5.41, 5.74) is 0.164. The van der Waals surface area contributed by atoms with Gasteiger partial charge in [0.15, 0.2) is 0 Å². The first kappa shape index (κ1) is 22.6. The van der Waals surface area contributed by atoms with Gasteiger partial charge < -0.3 is 4.74 Å². The van der Waals surface area contributed by atoms with Crippen LogP contribution in [0.3, 0.4) is 0 Å². The fourth-order valence-corrected chi connectivity index (χ4v) is 6.60. The van der Waals surface area contributed by atoms with Crippen molar-refractivity contribution in [2.75, 3.05) is 24.4 Å². The van der Waals surface area contributed by atoms with Crippen LogP contribution in [0.4, 0.5) is 5.69 Å². The van der Waals surface area contributed by atoms with Crippen LogP contribution in [0.1, 0.15) is 26.2 Å². The summed E-state index contributed by atoms with van der Waals surface area (Å²) >= 11 is 0. The number of ether oxygens (including phenoxy) is 1. The van der Waals surface area contributed by atoms with Gasteiger partial charge in [-0.25, -0.2) is 16.8 Å². The molecule has 0 saturated carbocycles. The molecule has 0 amide bonds. The van der Waals surface area contributed by atoms with Gasteiger partial charge in [0.25, 0.3) is 10.0 Å². The lowest BCUT2D eigenvalue weighted by atomic mass is 10.1. The van der Waals surface area contributed by atoms with E-state index in [9.17, 15) is 16.8 Å². The number of nitrogens with zero attached hydrogens (tertiary/aromatic N) is 1. The summed E-state index contributed by atoms with van der Waals surface area (Å²) in [6, 6.07) is 16.7. The average molecular weight is 475 g/mol. The van der Waals surface area contributed by atoms with E-state index in [2.05, 4.69) is 4.72 Å². The average Bonchev–Trinajstić information content (AvgIpc) is 2.80. The summed E-state index contributed by atoms with van der Waals surface area (Å²) in [6.45, 7) is 2.96. The normalized spacial score (nSPS) is 15.5. The van der Waals surface area contributed by atoms with Crippen molar-refractivity contribution >= 4 is 36.5 Å². The van der Waals surface area contributed by atoms with Crippen LogP contribution < -0.4 is 9.46 Å². The summed E-state index contributed by atoms with van der Waals surface area (Å²) in [4.78, 5) is 0.0745. The zero-order valence-corrected chi connectivity index (χ0v) is 19.5. The Labute approximate surface area is 189 Å². The predicted octanol–water partition coefficient (Wildman–Crippen LogP) is 4.21. The van der Waals surface area contributed by atoms with Crippen LogP contribution in [0, 0.1) is 0 Å². The van der Waals surface area contributed by atoms with E-state index < -0.39 is 20.0 Å². The summed E-state index contributed by atoms with van der Waals surface area (Å²) in [5, 5.41) is 1.73. The molecule has 1 fully saturated rings. The quantitative estimate of drug-likeness (QED) is 0.554. The predicted molar refractivity (Wildman–Crippen MR) is 125 cm³/mol. The Bertz CT molecular complexity index is 1330. The topological polar surface area (TPSA) is 92.8 Å². The van der Waals surface area contributed by atoms with Crippen LogP contribution in [-0.2, 0) is 20.0 Å². The van der Waals surface area contributed by atoms with Crippen molar-refractivity contribution in [3.8, 4) is 5.75 Å². The van der Waals surface area contributed by atoms with Crippen LogP contribution in [0.5, 0.6) is 5.75 Å². The third-order valence-corrected chi connectivity index (χ3v) is 8.76. The second-order valence-electron chi connectivity index (χ2n) is 7.67. The lowest BCUT2D eigenvalue weighted by Crippen LogP contribution is -2.35. The largest absolute Gasteiger partial charge is 0.492 e. The van der Waals surface area contributed by atoms with E-state index in [1.807, 2.05) is 24.3 Å². The molecule has 7 nitrogen and oxygen atoms in total. The molecule has 32 heavy (non-hydrogen) atoms. The Morgan fingerprint density at radius 3 is 2.31 bits per heavy atom. The molecule has 1 aliphatic rings. The van der Waals surface area contributed by atoms with Crippen molar-refractivity contribution in [2.45, 2.75) is 36.0 Å². The maximum Gasteiger partial charge on any atom is 0.261 e. The van der Waals surface area contributed by atoms with Crippen LogP contribution >= 0.6 is 0 Å². The van der Waals surface area contributed by atoms with E-state index in [0.29, 0.717) is 19.7 Å². The fourth-order valence-electron chi connectivity index (χ4n) is 3.84. The SMILES string of the molecule is CCOc1ccc(NS(=O)(=O)c2ccc3ccccc3c2)cc1S(=O)(=O)N1CCCCC1. The van der Waals surface area contributed by atoms with Crippen molar-refractivity contribution in [3.63, 3.8) is 0 Å². The minimum absolute atomic E-state index is 0.0278. The third-order valence-electron chi connectivity index (χ3n) is 5.46. The molecular weight excluding hydrogens is 448 g/mol. The highest BCUT2D eigenvalue weighted by molar-refractivity contribution is 7.92. The zero-order valence-electron chi connectivity index (χ0n) is 17.8. The van der Waals surface area contributed by atoms with Crippen molar-refractivity contribution in [1.29, 1.82) is 0 Å². The van der Waals surface area contributed by atoms with Gasteiger partial charge in [0.2, 0.25) is 10.0 Å². The smallest absolute Gasteiger partial charge is 0.261 e. The maximum atomic E-state index is 13.3. The summed E-state index contributed by atoms with van der Waals surface area (Å²) < 4.78 is 62.1. The molecule has 0 aromatic heterocycles. The van der Waals surface area contributed by atoms with Gasteiger partial charge in [0, 0.05) is 13.1 Å². The molecule has 0 atom stereocenters. The summed E-state index contributed by atoms with van der Waals surface area (Å²) in [5.74, 6) is 0.215. The molecule has 1 saturated heterocycles. The molecule has 9 heteroatoms. The van der Waals surface area contributed by atoms with Gasteiger partial charge in [-0.2, -0.15) is 4.31 Å². The molecule has 0 bridgehead atoms. The second-order valence-corrected chi connectivity index (χ2v) is 11.3. The molecule has 3 aromatic carbocycles. The molecule has 170 valence electrons. The first-order valence-electron chi connectivity index (χ1n) is 10.6. The number of piperidine rings is 1. The molecule has 3 aromatic rings. The number of rotatable bonds is 7. The lowest BCUT2D eigenvalue weighted by molar-refractivity contribution is 0.323. The van der Waals surface area contributed by atoms with Gasteiger partial charge >= 0.3 is 0 Å². The van der Waals surface area contributed by atoms with Crippen molar-refractivity contribution in [3.05, 3.63) is 60.7 Å². The lowest BCUT2D eigenvalue weighted by Gasteiger charge is -2.27. The molecule has 1 N–H and O–H groups in total. The van der Waals surface area contributed by atoms with Gasteiger partial charge in [-0.05, 0) is 60.9 Å². The van der Waals surface area contributed by atoms with E-state index in [1.165, 1.54) is 28.6 Å². The van der Waals surface area contributed by atoms with Crippen molar-refractivity contribution in [2.24, 2.45) is 0 Å². The molecule has 0 unspecified atom stereocenters. The van der Waals surface area contributed by atoms with E-state index in [0.717, 1.165) is 30.0 Å². The minimum atomic E-state index is -3.92. The highest BCUT2D eigenvalue weighted by Gasteiger charge is 2.30. The van der Waals surface area contributed by atoms with Crippen LogP contribution in [0.25, 0.3) is 10.8 Å². The van der Waals surface area contributed by atoms with Gasteiger partial charge in [0.1, 0.15) is 10.6 Å².